The van der Waals surface area contributed by atoms with E-state index in [1.54, 1.807) is 4.79 Å². The number of para-hydroxylation sites is 1. The molecule has 4 N–H and O–H groups in total. The molecule has 1 aromatic carbocycles. The molecule has 7 nitrogen and oxygen atoms in total. The van der Waals surface area contributed by atoms with Gasteiger partial charge in [-0.25, -0.2) is 0 Å². The van der Waals surface area contributed by atoms with Crippen molar-refractivity contribution in [2.75, 3.05) is 35.7 Å². The highest BCUT2D eigenvalue weighted by molar-refractivity contribution is 5.53. The van der Waals surface area contributed by atoms with Gasteiger partial charge in [-0.1, -0.05) is 18.2 Å². The number of rotatable bonds is 3. The van der Waals surface area contributed by atoms with E-state index in [4.69, 9.17) is 5.73 Å². The first-order valence-corrected chi connectivity index (χ1v) is 6.76. The van der Waals surface area contributed by atoms with Crippen molar-refractivity contribution >= 4 is 17.6 Å². The normalized spacial score (nSPS) is 19.1. The van der Waals surface area contributed by atoms with Crippen LogP contribution in [-0.4, -0.2) is 40.5 Å². The van der Waals surface area contributed by atoms with Gasteiger partial charge in [-0.15, -0.1) is 9.89 Å². The van der Waals surface area contributed by atoms with Crippen LogP contribution in [0.5, 0.6) is 0 Å². The molecular weight excluding hydrogens is 254 g/mol. The average Bonchev–Trinajstić information content (AvgIpc) is 2.81. The molecule has 20 heavy (non-hydrogen) atoms. The minimum atomic E-state index is 0.331. The zero-order valence-electron chi connectivity index (χ0n) is 11.5. The molecule has 0 bridgehead atoms. The number of nitrogens with zero attached hydrogens (tertiary/aromatic N) is 4. The molecule has 1 unspecified atom stereocenters. The predicted molar refractivity (Wildman–Crippen MR) is 79.6 cm³/mol. The number of nitrogens with one attached hydrogen (secondary N) is 2. The maximum Gasteiger partial charge on any atom is 0.250 e. The van der Waals surface area contributed by atoms with E-state index in [0.29, 0.717) is 17.9 Å². The number of nitrogen functional groups attached to an aromatic ring is 1. The van der Waals surface area contributed by atoms with Gasteiger partial charge in [0.1, 0.15) is 0 Å². The highest BCUT2D eigenvalue weighted by atomic mass is 15.7. The van der Waals surface area contributed by atoms with Crippen molar-refractivity contribution in [2.24, 2.45) is 0 Å². The molecular formula is C13H19N7. The van der Waals surface area contributed by atoms with Gasteiger partial charge in [0.15, 0.2) is 0 Å². The number of piperazine rings is 1. The summed E-state index contributed by atoms with van der Waals surface area (Å²) in [5, 5.41) is 13.1. The summed E-state index contributed by atoms with van der Waals surface area (Å²) >= 11 is 0. The first-order chi connectivity index (χ1) is 9.74. The second-order valence-electron chi connectivity index (χ2n) is 4.89. The highest BCUT2D eigenvalue weighted by Gasteiger charge is 2.21. The Labute approximate surface area is 117 Å². The lowest BCUT2D eigenvalue weighted by molar-refractivity contribution is 0.394. The van der Waals surface area contributed by atoms with Crippen LogP contribution in [0.1, 0.15) is 6.92 Å². The van der Waals surface area contributed by atoms with Gasteiger partial charge < -0.3 is 16.4 Å². The van der Waals surface area contributed by atoms with Crippen molar-refractivity contribution in [1.82, 2.24) is 20.2 Å². The van der Waals surface area contributed by atoms with Gasteiger partial charge in [0.05, 0.1) is 6.04 Å². The van der Waals surface area contributed by atoms with Crippen LogP contribution < -0.4 is 21.4 Å². The van der Waals surface area contributed by atoms with E-state index >= 15 is 0 Å². The van der Waals surface area contributed by atoms with Gasteiger partial charge in [-0.3, -0.25) is 5.01 Å². The Hall–Kier alpha value is -2.28. The average molecular weight is 273 g/mol. The Morgan fingerprint density at radius 1 is 1.35 bits per heavy atom. The number of benzene rings is 1. The number of hydrogen-bond donors (Lipinski definition) is 3. The van der Waals surface area contributed by atoms with Gasteiger partial charge >= 0.3 is 0 Å². The van der Waals surface area contributed by atoms with Crippen LogP contribution in [0.25, 0.3) is 0 Å². The Morgan fingerprint density at radius 2 is 2.15 bits per heavy atom. The fourth-order valence-electron chi connectivity index (χ4n) is 2.32. The highest BCUT2D eigenvalue weighted by Crippen LogP contribution is 2.15. The largest absolute Gasteiger partial charge is 0.366 e. The summed E-state index contributed by atoms with van der Waals surface area (Å²) in [5.41, 5.74) is 6.92. The van der Waals surface area contributed by atoms with Gasteiger partial charge in [0, 0.05) is 25.3 Å². The molecule has 7 heteroatoms. The van der Waals surface area contributed by atoms with E-state index in [-0.39, 0.29) is 0 Å². The molecule has 0 saturated carbocycles. The van der Waals surface area contributed by atoms with Crippen molar-refractivity contribution in [2.45, 2.75) is 13.0 Å². The van der Waals surface area contributed by atoms with Crippen LogP contribution >= 0.6 is 0 Å². The number of aromatic nitrogens is 3. The Morgan fingerprint density at radius 3 is 2.90 bits per heavy atom. The Kier molecular flexibility index (Phi) is 3.42. The first-order valence-electron chi connectivity index (χ1n) is 6.76. The quantitative estimate of drug-likeness (QED) is 0.757. The van der Waals surface area contributed by atoms with Crippen molar-refractivity contribution in [3.05, 3.63) is 30.3 Å². The zero-order valence-corrected chi connectivity index (χ0v) is 11.5. The molecule has 2 aromatic rings. The minimum absolute atomic E-state index is 0.331. The minimum Gasteiger partial charge on any atom is -0.366 e. The molecule has 1 aliphatic heterocycles. The van der Waals surface area contributed by atoms with E-state index < -0.39 is 0 Å². The summed E-state index contributed by atoms with van der Waals surface area (Å²) in [7, 11) is 0. The predicted octanol–water partition coefficient (Wildman–Crippen LogP) is 0.534. The topological polar surface area (TPSA) is 84.0 Å². The maximum atomic E-state index is 5.98. The molecule has 3 rings (SSSR count). The van der Waals surface area contributed by atoms with Gasteiger partial charge in [-0.05, 0) is 19.1 Å². The molecule has 1 aliphatic rings. The summed E-state index contributed by atoms with van der Waals surface area (Å²) < 4.78 is 0. The van der Waals surface area contributed by atoms with Gasteiger partial charge in [-0.2, -0.15) is 4.98 Å². The summed E-state index contributed by atoms with van der Waals surface area (Å²) in [6.45, 7) is 4.84. The van der Waals surface area contributed by atoms with E-state index in [2.05, 4.69) is 32.6 Å². The fourth-order valence-corrected chi connectivity index (χ4v) is 2.32. The van der Waals surface area contributed by atoms with Crippen LogP contribution in [0.4, 0.5) is 17.6 Å². The van der Waals surface area contributed by atoms with E-state index in [1.807, 2.05) is 30.3 Å². The van der Waals surface area contributed by atoms with Crippen molar-refractivity contribution in [3.8, 4) is 0 Å². The molecule has 1 fully saturated rings. The molecule has 106 valence electrons. The summed E-state index contributed by atoms with van der Waals surface area (Å²) in [5.74, 6) is 0.914. The smallest absolute Gasteiger partial charge is 0.250 e. The molecule has 1 aromatic heterocycles. The molecule has 2 heterocycles. The Bertz CT molecular complexity index is 565. The summed E-state index contributed by atoms with van der Waals surface area (Å²) in [6.07, 6.45) is 0. The third-order valence-corrected chi connectivity index (χ3v) is 3.35. The first kappa shape index (κ1) is 12.7. The summed E-state index contributed by atoms with van der Waals surface area (Å²) in [4.78, 5) is 5.96. The molecule has 0 spiro atoms. The SMILES string of the molecule is CC1CNCCN1n1nc(Nc2ccccc2)nc1N. The van der Waals surface area contributed by atoms with Crippen LogP contribution in [0.2, 0.25) is 0 Å². The van der Waals surface area contributed by atoms with E-state index in [1.165, 1.54) is 0 Å². The lowest BCUT2D eigenvalue weighted by Gasteiger charge is -2.34. The fraction of sp³-hybridized carbons (Fsp3) is 0.385. The van der Waals surface area contributed by atoms with Crippen LogP contribution in [0, 0.1) is 0 Å². The number of anilines is 3. The van der Waals surface area contributed by atoms with Gasteiger partial charge in [0.25, 0.3) is 5.95 Å². The van der Waals surface area contributed by atoms with Crippen LogP contribution in [0.15, 0.2) is 30.3 Å². The number of nitrogens with two attached hydrogens (primary N) is 1. The zero-order chi connectivity index (χ0) is 13.9. The molecule has 1 atom stereocenters. The van der Waals surface area contributed by atoms with Crippen molar-refractivity contribution < 1.29 is 0 Å². The molecule has 0 amide bonds. The van der Waals surface area contributed by atoms with Crippen molar-refractivity contribution in [3.63, 3.8) is 0 Å². The monoisotopic (exact) mass is 273 g/mol. The molecule has 1 saturated heterocycles. The lowest BCUT2D eigenvalue weighted by atomic mass is 10.2. The van der Waals surface area contributed by atoms with E-state index in [9.17, 15) is 0 Å². The molecule has 0 radical (unpaired) electrons. The number of hydrogen-bond acceptors (Lipinski definition) is 6. The molecule has 0 aliphatic carbocycles. The van der Waals surface area contributed by atoms with Crippen LogP contribution in [-0.2, 0) is 0 Å². The third kappa shape index (κ3) is 2.53. The maximum absolute atomic E-state index is 5.98. The standard InChI is InChI=1S/C13H19N7/c1-10-9-15-7-8-19(10)20-12(14)17-13(18-20)16-11-5-3-2-4-6-11/h2-6,10,15H,7-9H2,1H3,(H3,14,16,17,18). The summed E-state index contributed by atoms with van der Waals surface area (Å²) in [6, 6.07) is 10.1. The van der Waals surface area contributed by atoms with Crippen molar-refractivity contribution in [1.29, 1.82) is 0 Å². The lowest BCUT2D eigenvalue weighted by Crippen LogP contribution is -2.55. The third-order valence-electron chi connectivity index (χ3n) is 3.35. The Balaban J connectivity index is 1.80. The second kappa shape index (κ2) is 5.38. The van der Waals surface area contributed by atoms with Gasteiger partial charge in [0.2, 0.25) is 5.95 Å². The van der Waals surface area contributed by atoms with E-state index in [0.717, 1.165) is 25.3 Å². The van der Waals surface area contributed by atoms with Crippen LogP contribution in [0.3, 0.4) is 0 Å². The second-order valence-corrected chi connectivity index (χ2v) is 4.89.